The Hall–Kier alpha value is -1.70. The summed E-state index contributed by atoms with van der Waals surface area (Å²) in [6.07, 6.45) is 4.81. The molecule has 0 saturated carbocycles. The smallest absolute Gasteiger partial charge is 0.274 e. The Balaban J connectivity index is 1.35. The van der Waals surface area contributed by atoms with Crippen molar-refractivity contribution in [2.75, 3.05) is 32.7 Å². The lowest BCUT2D eigenvalue weighted by atomic mass is 10.2. The fourth-order valence-electron chi connectivity index (χ4n) is 3.12. The lowest BCUT2D eigenvalue weighted by Gasteiger charge is -2.34. The molecule has 1 aliphatic heterocycles. The summed E-state index contributed by atoms with van der Waals surface area (Å²) >= 11 is 5.25. The van der Waals surface area contributed by atoms with Crippen LogP contribution in [0.1, 0.15) is 15.4 Å². The van der Waals surface area contributed by atoms with Crippen LogP contribution in [0.15, 0.2) is 46.5 Å². The number of thiophene rings is 1. The third kappa shape index (κ3) is 3.78. The quantitative estimate of drug-likeness (QED) is 0.653. The number of nitrogens with zero attached hydrogens (tertiary/aromatic N) is 4. The lowest BCUT2D eigenvalue weighted by molar-refractivity contribution is 0.0633. The monoisotopic (exact) mass is 418 g/mol. The van der Waals surface area contributed by atoms with Gasteiger partial charge in [0.15, 0.2) is 0 Å². The fourth-order valence-corrected chi connectivity index (χ4v) is 4.14. The van der Waals surface area contributed by atoms with E-state index in [1.807, 2.05) is 45.2 Å². The SMILES string of the molecule is O=C(c1cn2ccc(Br)cc2n1)N1CCN(CCc2cccs2)CC1. The molecule has 3 aromatic heterocycles. The third-order valence-electron chi connectivity index (χ3n) is 4.56. The average molecular weight is 419 g/mol. The fraction of sp³-hybridized carbons (Fsp3) is 0.333. The lowest BCUT2D eigenvalue weighted by Crippen LogP contribution is -2.49. The molecular weight excluding hydrogens is 400 g/mol. The molecule has 0 aliphatic carbocycles. The van der Waals surface area contributed by atoms with Crippen LogP contribution in [0.4, 0.5) is 0 Å². The summed E-state index contributed by atoms with van der Waals surface area (Å²) in [5.74, 6) is 0.0257. The normalized spacial score (nSPS) is 15.8. The largest absolute Gasteiger partial charge is 0.335 e. The summed E-state index contributed by atoms with van der Waals surface area (Å²) in [6.45, 7) is 4.44. The minimum atomic E-state index is 0.0257. The number of pyridine rings is 1. The van der Waals surface area contributed by atoms with E-state index in [4.69, 9.17) is 0 Å². The molecule has 0 radical (unpaired) electrons. The number of hydrogen-bond donors (Lipinski definition) is 0. The first kappa shape index (κ1) is 16.8. The van der Waals surface area contributed by atoms with Gasteiger partial charge < -0.3 is 9.30 Å². The summed E-state index contributed by atoms with van der Waals surface area (Å²) < 4.78 is 2.85. The first-order valence-electron chi connectivity index (χ1n) is 8.37. The number of fused-ring (bicyclic) bond motifs is 1. The van der Waals surface area contributed by atoms with Crippen LogP contribution in [0.5, 0.6) is 0 Å². The number of hydrogen-bond acceptors (Lipinski definition) is 4. The van der Waals surface area contributed by atoms with Gasteiger partial charge in [-0.1, -0.05) is 22.0 Å². The first-order chi connectivity index (χ1) is 12.2. The molecule has 3 aromatic rings. The van der Waals surface area contributed by atoms with Crippen LogP contribution < -0.4 is 0 Å². The third-order valence-corrected chi connectivity index (χ3v) is 5.98. The van der Waals surface area contributed by atoms with Crippen LogP contribution in [-0.4, -0.2) is 57.8 Å². The molecule has 1 amide bonds. The van der Waals surface area contributed by atoms with Crippen LogP contribution in [0.2, 0.25) is 0 Å². The van der Waals surface area contributed by atoms with Crippen molar-refractivity contribution in [1.29, 1.82) is 0 Å². The maximum atomic E-state index is 12.7. The van der Waals surface area contributed by atoms with Crippen molar-refractivity contribution in [2.24, 2.45) is 0 Å². The number of carbonyl (C=O) groups is 1. The number of rotatable bonds is 4. The number of piperazine rings is 1. The van der Waals surface area contributed by atoms with Crippen LogP contribution in [0.25, 0.3) is 5.65 Å². The maximum Gasteiger partial charge on any atom is 0.274 e. The van der Waals surface area contributed by atoms with Crippen LogP contribution in [-0.2, 0) is 6.42 Å². The molecule has 0 unspecified atom stereocenters. The van der Waals surface area contributed by atoms with Crippen LogP contribution in [0.3, 0.4) is 0 Å². The van der Waals surface area contributed by atoms with Crippen molar-refractivity contribution in [3.8, 4) is 0 Å². The van der Waals surface area contributed by atoms with E-state index in [1.54, 1.807) is 0 Å². The number of amides is 1. The van der Waals surface area contributed by atoms with E-state index < -0.39 is 0 Å². The van der Waals surface area contributed by atoms with Crippen LogP contribution in [0, 0.1) is 0 Å². The molecule has 5 nitrogen and oxygen atoms in total. The molecule has 0 bridgehead atoms. The highest BCUT2D eigenvalue weighted by Gasteiger charge is 2.23. The Kier molecular flexibility index (Phi) is 4.87. The van der Waals surface area contributed by atoms with Gasteiger partial charge in [-0.15, -0.1) is 11.3 Å². The van der Waals surface area contributed by atoms with E-state index in [-0.39, 0.29) is 5.91 Å². The summed E-state index contributed by atoms with van der Waals surface area (Å²) in [6, 6.07) is 8.14. The molecule has 1 saturated heterocycles. The summed E-state index contributed by atoms with van der Waals surface area (Å²) in [7, 11) is 0. The van der Waals surface area contributed by atoms with Crippen molar-refractivity contribution in [2.45, 2.75) is 6.42 Å². The van der Waals surface area contributed by atoms with E-state index in [2.05, 4.69) is 43.3 Å². The predicted octanol–water partition coefficient (Wildman–Crippen LogP) is 3.16. The van der Waals surface area contributed by atoms with E-state index in [9.17, 15) is 4.79 Å². The topological polar surface area (TPSA) is 40.9 Å². The number of carbonyl (C=O) groups excluding carboxylic acids is 1. The van der Waals surface area contributed by atoms with Gasteiger partial charge in [0.25, 0.3) is 5.91 Å². The molecule has 7 heteroatoms. The second kappa shape index (κ2) is 7.27. The molecule has 4 heterocycles. The Morgan fingerprint density at radius 2 is 2.08 bits per heavy atom. The molecule has 25 heavy (non-hydrogen) atoms. The molecule has 0 N–H and O–H groups in total. The number of halogens is 1. The molecule has 130 valence electrons. The van der Waals surface area contributed by atoms with Crippen molar-refractivity contribution in [3.05, 3.63) is 57.1 Å². The Bertz CT molecular complexity index is 868. The van der Waals surface area contributed by atoms with Gasteiger partial charge in [-0.05, 0) is 30.0 Å². The molecule has 0 aromatic carbocycles. The minimum Gasteiger partial charge on any atom is -0.335 e. The molecule has 0 spiro atoms. The van der Waals surface area contributed by atoms with Crippen LogP contribution >= 0.6 is 27.3 Å². The van der Waals surface area contributed by atoms with Crippen molar-refractivity contribution < 1.29 is 4.79 Å². The average Bonchev–Trinajstić information content (AvgIpc) is 3.29. The van der Waals surface area contributed by atoms with Gasteiger partial charge >= 0.3 is 0 Å². The van der Waals surface area contributed by atoms with Gasteiger partial charge in [0.1, 0.15) is 11.3 Å². The molecule has 0 atom stereocenters. The number of imidazole rings is 1. The standard InChI is InChI=1S/C18H19BrN4OS/c19-14-3-6-23-13-16(20-17(23)12-14)18(24)22-9-7-21(8-10-22)5-4-15-2-1-11-25-15/h1-3,6,11-13H,4-5,7-10H2. The predicted molar refractivity (Wildman–Crippen MR) is 103 cm³/mol. The van der Waals surface area contributed by atoms with Crippen molar-refractivity contribution in [1.82, 2.24) is 19.2 Å². The molecule has 4 rings (SSSR count). The Morgan fingerprint density at radius 3 is 2.84 bits per heavy atom. The van der Waals surface area contributed by atoms with Gasteiger partial charge in [-0.2, -0.15) is 0 Å². The highest BCUT2D eigenvalue weighted by Crippen LogP contribution is 2.15. The highest BCUT2D eigenvalue weighted by molar-refractivity contribution is 9.10. The molecule has 1 fully saturated rings. The number of aromatic nitrogens is 2. The van der Waals surface area contributed by atoms with Crippen molar-refractivity contribution >= 4 is 38.8 Å². The summed E-state index contributed by atoms with van der Waals surface area (Å²) in [5.41, 5.74) is 1.30. The van der Waals surface area contributed by atoms with Gasteiger partial charge in [-0.3, -0.25) is 9.69 Å². The van der Waals surface area contributed by atoms with Gasteiger partial charge in [-0.25, -0.2) is 4.98 Å². The first-order valence-corrected chi connectivity index (χ1v) is 10.0. The highest BCUT2D eigenvalue weighted by atomic mass is 79.9. The second-order valence-electron chi connectivity index (χ2n) is 6.20. The second-order valence-corrected chi connectivity index (χ2v) is 8.15. The summed E-state index contributed by atoms with van der Waals surface area (Å²) in [5, 5.41) is 2.12. The molecule has 1 aliphatic rings. The zero-order valence-electron chi connectivity index (χ0n) is 13.8. The van der Waals surface area contributed by atoms with Gasteiger partial charge in [0.2, 0.25) is 0 Å². The zero-order valence-corrected chi connectivity index (χ0v) is 16.2. The maximum absolute atomic E-state index is 12.7. The van der Waals surface area contributed by atoms with Gasteiger partial charge in [0, 0.05) is 54.5 Å². The Labute approximate surface area is 159 Å². The van der Waals surface area contributed by atoms with Crippen molar-refractivity contribution in [3.63, 3.8) is 0 Å². The van der Waals surface area contributed by atoms with E-state index in [0.717, 1.165) is 49.3 Å². The van der Waals surface area contributed by atoms with E-state index >= 15 is 0 Å². The van der Waals surface area contributed by atoms with E-state index in [0.29, 0.717) is 5.69 Å². The molecular formula is C18H19BrN4OS. The minimum absolute atomic E-state index is 0.0257. The zero-order chi connectivity index (χ0) is 17.2. The van der Waals surface area contributed by atoms with E-state index in [1.165, 1.54) is 4.88 Å². The summed E-state index contributed by atoms with van der Waals surface area (Å²) in [4.78, 5) is 23.0. The Morgan fingerprint density at radius 1 is 1.24 bits per heavy atom. The van der Waals surface area contributed by atoms with Gasteiger partial charge in [0.05, 0.1) is 0 Å².